The largest absolute Gasteiger partial charge is 0.293 e. The number of rotatable bonds is 3. The number of nitrogens with zero attached hydrogens (tertiary/aromatic N) is 2. The average Bonchev–Trinajstić information content (AvgIpc) is 1.59. The van der Waals surface area contributed by atoms with Gasteiger partial charge in [0, 0.05) is 0 Å². The summed E-state index contributed by atoms with van der Waals surface area (Å²) in [6, 6.07) is 0. The minimum atomic E-state index is 0.157. The highest BCUT2D eigenvalue weighted by Crippen LogP contribution is 2.08. The van der Waals surface area contributed by atoms with Crippen LogP contribution in [-0.2, 0) is 0 Å². The van der Waals surface area contributed by atoms with Gasteiger partial charge in [0.15, 0.2) is 0 Å². The van der Waals surface area contributed by atoms with E-state index < -0.39 is 0 Å². The van der Waals surface area contributed by atoms with Gasteiger partial charge in [-0.2, -0.15) is 0 Å². The molecule has 0 aliphatic carbocycles. The van der Waals surface area contributed by atoms with E-state index in [2.05, 4.69) is 9.80 Å². The van der Waals surface area contributed by atoms with Crippen LogP contribution in [0.2, 0.25) is 0 Å². The van der Waals surface area contributed by atoms with Crippen LogP contribution in [0.3, 0.4) is 0 Å². The lowest BCUT2D eigenvalue weighted by Crippen LogP contribution is -2.45. The first-order valence-corrected chi connectivity index (χ1v) is 3.87. The van der Waals surface area contributed by atoms with Crippen LogP contribution in [0, 0.1) is 0 Å². The zero-order valence-electron chi connectivity index (χ0n) is 7.43. The zero-order chi connectivity index (χ0) is 8.31. The fraction of sp³-hybridized carbons (Fsp3) is 1.00. The van der Waals surface area contributed by atoms with Crippen LogP contribution in [0.25, 0.3) is 0 Å². The molecule has 0 saturated carbocycles. The minimum absolute atomic E-state index is 0.157. The second-order valence-electron chi connectivity index (χ2n) is 3.02. The molecule has 62 valence electrons. The predicted octanol–water partition coefficient (Wildman–Crippen LogP) is 1.06. The van der Waals surface area contributed by atoms with Gasteiger partial charge in [0.25, 0.3) is 0 Å². The molecule has 0 fully saturated rings. The van der Waals surface area contributed by atoms with Gasteiger partial charge in [-0.15, -0.1) is 11.6 Å². The van der Waals surface area contributed by atoms with Gasteiger partial charge in [-0.1, -0.05) is 0 Å². The Morgan fingerprint density at radius 1 is 1.00 bits per heavy atom. The summed E-state index contributed by atoms with van der Waals surface area (Å²) in [5.74, 6) is 0. The quantitative estimate of drug-likeness (QED) is 0.455. The van der Waals surface area contributed by atoms with Crippen molar-refractivity contribution < 1.29 is 0 Å². The Labute approximate surface area is 68.8 Å². The van der Waals surface area contributed by atoms with E-state index in [1.54, 1.807) is 0 Å². The molecule has 0 aliphatic rings. The molecule has 0 bridgehead atoms. The van der Waals surface area contributed by atoms with Crippen molar-refractivity contribution in [3.05, 3.63) is 0 Å². The topological polar surface area (TPSA) is 6.48 Å². The summed E-state index contributed by atoms with van der Waals surface area (Å²) >= 11 is 5.95. The van der Waals surface area contributed by atoms with Gasteiger partial charge in [-0.3, -0.25) is 9.80 Å². The summed E-state index contributed by atoms with van der Waals surface area (Å²) < 4.78 is 0. The fourth-order valence-electron chi connectivity index (χ4n) is 1.28. The Morgan fingerprint density at radius 3 is 1.30 bits per heavy atom. The summed E-state index contributed by atoms with van der Waals surface area (Å²) in [5, 5.41) is 0.157. The Bertz CT molecular complexity index is 72.6. The predicted molar refractivity (Wildman–Crippen MR) is 46.5 cm³/mol. The van der Waals surface area contributed by atoms with Crippen molar-refractivity contribution >= 4 is 11.6 Å². The minimum Gasteiger partial charge on any atom is -0.293 e. The number of alkyl halides is 1. The molecule has 0 amide bonds. The zero-order valence-corrected chi connectivity index (χ0v) is 8.18. The van der Waals surface area contributed by atoms with Crippen LogP contribution < -0.4 is 0 Å². The van der Waals surface area contributed by atoms with Crippen LogP contribution in [0.4, 0.5) is 0 Å². The van der Waals surface area contributed by atoms with Crippen LogP contribution in [0.5, 0.6) is 0 Å². The molecular formula is C7H17ClN2. The van der Waals surface area contributed by atoms with E-state index in [9.17, 15) is 0 Å². The third-order valence-electron chi connectivity index (χ3n) is 1.47. The van der Waals surface area contributed by atoms with E-state index in [4.69, 9.17) is 11.6 Å². The van der Waals surface area contributed by atoms with Crippen LogP contribution >= 0.6 is 11.6 Å². The smallest absolute Gasteiger partial charge is 0.0778 e. The molecule has 0 aromatic carbocycles. The van der Waals surface area contributed by atoms with Gasteiger partial charge in [0.1, 0.15) is 0 Å². The van der Waals surface area contributed by atoms with Crippen LogP contribution in [-0.4, -0.2) is 49.5 Å². The van der Waals surface area contributed by atoms with E-state index in [1.165, 1.54) is 0 Å². The van der Waals surface area contributed by atoms with E-state index in [0.717, 1.165) is 0 Å². The second kappa shape index (κ2) is 4.16. The lowest BCUT2D eigenvalue weighted by molar-refractivity contribution is 0.129. The van der Waals surface area contributed by atoms with Crippen LogP contribution in [0.1, 0.15) is 6.92 Å². The lowest BCUT2D eigenvalue weighted by atomic mass is 10.3. The normalized spacial score (nSPS) is 15.3. The average molecular weight is 165 g/mol. The van der Waals surface area contributed by atoms with E-state index in [1.807, 2.05) is 35.1 Å². The Balaban J connectivity index is 3.98. The standard InChI is InChI=1S/C7H17ClN2/c1-6(8)7(9(2)3)10(4)5/h6-7H,1-5H3. The number of hydrogen-bond donors (Lipinski definition) is 0. The Kier molecular flexibility index (Phi) is 4.25. The molecule has 0 rings (SSSR count). The van der Waals surface area contributed by atoms with Crippen molar-refractivity contribution in [2.45, 2.75) is 18.5 Å². The molecule has 1 unspecified atom stereocenters. The molecule has 0 aromatic rings. The maximum atomic E-state index is 5.95. The number of halogens is 1. The van der Waals surface area contributed by atoms with Gasteiger partial charge in [-0.25, -0.2) is 0 Å². The van der Waals surface area contributed by atoms with Crippen molar-refractivity contribution in [1.82, 2.24) is 9.80 Å². The monoisotopic (exact) mass is 164 g/mol. The van der Waals surface area contributed by atoms with Gasteiger partial charge >= 0.3 is 0 Å². The molecule has 2 nitrogen and oxygen atoms in total. The molecule has 0 radical (unpaired) electrons. The molecule has 0 saturated heterocycles. The molecule has 0 N–H and O–H groups in total. The van der Waals surface area contributed by atoms with Gasteiger partial charge in [0.2, 0.25) is 0 Å². The molecule has 1 atom stereocenters. The first-order valence-electron chi connectivity index (χ1n) is 3.43. The summed E-state index contributed by atoms with van der Waals surface area (Å²) in [5.41, 5.74) is 0. The molecule has 0 heterocycles. The molecular weight excluding hydrogens is 148 g/mol. The SMILES string of the molecule is CC(Cl)C(N(C)C)N(C)C. The van der Waals surface area contributed by atoms with Crippen molar-refractivity contribution in [3.8, 4) is 0 Å². The lowest BCUT2D eigenvalue weighted by Gasteiger charge is -2.32. The van der Waals surface area contributed by atoms with E-state index >= 15 is 0 Å². The van der Waals surface area contributed by atoms with Gasteiger partial charge < -0.3 is 0 Å². The molecule has 0 aliphatic heterocycles. The second-order valence-corrected chi connectivity index (χ2v) is 3.71. The summed E-state index contributed by atoms with van der Waals surface area (Å²) in [6.45, 7) is 2.01. The highest BCUT2D eigenvalue weighted by atomic mass is 35.5. The number of hydrogen-bond acceptors (Lipinski definition) is 2. The first-order chi connectivity index (χ1) is 4.46. The molecule has 3 heteroatoms. The Hall–Kier alpha value is 0.210. The third-order valence-corrected chi connectivity index (χ3v) is 1.69. The van der Waals surface area contributed by atoms with Crippen molar-refractivity contribution in [2.75, 3.05) is 28.2 Å². The molecule has 10 heavy (non-hydrogen) atoms. The summed E-state index contributed by atoms with van der Waals surface area (Å²) in [6.07, 6.45) is 0.321. The molecule has 0 aromatic heterocycles. The third kappa shape index (κ3) is 2.86. The van der Waals surface area contributed by atoms with Gasteiger partial charge in [-0.05, 0) is 35.1 Å². The van der Waals surface area contributed by atoms with Crippen molar-refractivity contribution in [3.63, 3.8) is 0 Å². The Morgan fingerprint density at radius 2 is 1.30 bits per heavy atom. The van der Waals surface area contributed by atoms with Crippen molar-refractivity contribution in [2.24, 2.45) is 0 Å². The van der Waals surface area contributed by atoms with E-state index in [0.29, 0.717) is 6.17 Å². The fourth-order valence-corrected chi connectivity index (χ4v) is 1.73. The molecule has 0 spiro atoms. The van der Waals surface area contributed by atoms with Crippen molar-refractivity contribution in [1.29, 1.82) is 0 Å². The summed E-state index contributed by atoms with van der Waals surface area (Å²) in [4.78, 5) is 4.22. The highest BCUT2D eigenvalue weighted by Gasteiger charge is 2.18. The maximum Gasteiger partial charge on any atom is 0.0778 e. The van der Waals surface area contributed by atoms with E-state index in [-0.39, 0.29) is 5.38 Å². The highest BCUT2D eigenvalue weighted by molar-refractivity contribution is 6.20. The maximum absolute atomic E-state index is 5.95. The summed E-state index contributed by atoms with van der Waals surface area (Å²) in [7, 11) is 8.13. The van der Waals surface area contributed by atoms with Crippen LogP contribution in [0.15, 0.2) is 0 Å². The van der Waals surface area contributed by atoms with Gasteiger partial charge in [0.05, 0.1) is 11.5 Å². The first kappa shape index (κ1) is 10.2.